The monoisotopic (exact) mass is 395 g/mol. The average Bonchev–Trinajstić information content (AvgIpc) is 3.40. The van der Waals surface area contributed by atoms with Gasteiger partial charge in [-0.05, 0) is 38.8 Å². The zero-order valence-electron chi connectivity index (χ0n) is 16.4. The van der Waals surface area contributed by atoms with Crippen LogP contribution in [0.2, 0.25) is 0 Å². The highest BCUT2D eigenvalue weighted by atomic mass is 32.1. The van der Waals surface area contributed by atoms with Crippen LogP contribution in [-0.4, -0.2) is 53.2 Å². The highest BCUT2D eigenvalue weighted by Gasteiger charge is 2.30. The number of hydrogen-bond acceptors (Lipinski definition) is 6. The minimum atomic E-state index is 0.0160. The van der Waals surface area contributed by atoms with E-state index in [-0.39, 0.29) is 5.91 Å². The Morgan fingerprint density at radius 2 is 2.11 bits per heavy atom. The molecule has 4 heterocycles. The van der Waals surface area contributed by atoms with Crippen LogP contribution in [0, 0.1) is 0 Å². The number of aliphatic imine (C=N–C) groups is 1. The SMILES string of the molecule is C/C=C(\C=NCC)N1CCc2nc(-c3ccc(N4CCCC4)nc3)sc2C1=O. The van der Waals surface area contributed by atoms with Gasteiger partial charge < -0.3 is 9.80 Å². The van der Waals surface area contributed by atoms with Gasteiger partial charge in [0, 0.05) is 50.6 Å². The summed E-state index contributed by atoms with van der Waals surface area (Å²) in [7, 11) is 0. The van der Waals surface area contributed by atoms with Gasteiger partial charge in [-0.25, -0.2) is 9.97 Å². The van der Waals surface area contributed by atoms with Gasteiger partial charge in [0.15, 0.2) is 0 Å². The van der Waals surface area contributed by atoms with Gasteiger partial charge in [0.25, 0.3) is 5.91 Å². The number of hydrogen-bond donors (Lipinski definition) is 0. The molecule has 0 atom stereocenters. The van der Waals surface area contributed by atoms with Crippen LogP contribution in [-0.2, 0) is 6.42 Å². The number of carbonyl (C=O) groups excluding carboxylic acids is 1. The number of fused-ring (bicyclic) bond motifs is 1. The van der Waals surface area contributed by atoms with E-state index in [1.165, 1.54) is 24.2 Å². The first-order valence-electron chi connectivity index (χ1n) is 9.90. The lowest BCUT2D eigenvalue weighted by molar-refractivity contribution is 0.0805. The first kappa shape index (κ1) is 18.8. The smallest absolute Gasteiger partial charge is 0.270 e. The zero-order valence-corrected chi connectivity index (χ0v) is 17.2. The van der Waals surface area contributed by atoms with Crippen molar-refractivity contribution < 1.29 is 4.79 Å². The van der Waals surface area contributed by atoms with Crippen molar-refractivity contribution in [3.8, 4) is 10.6 Å². The molecule has 28 heavy (non-hydrogen) atoms. The predicted octanol–water partition coefficient (Wildman–Crippen LogP) is 3.80. The van der Waals surface area contributed by atoms with Crippen molar-refractivity contribution in [2.45, 2.75) is 33.1 Å². The molecule has 6 nitrogen and oxygen atoms in total. The van der Waals surface area contributed by atoms with Crippen LogP contribution in [0.4, 0.5) is 5.82 Å². The molecule has 1 amide bonds. The maximum absolute atomic E-state index is 13.0. The topological polar surface area (TPSA) is 61.7 Å². The van der Waals surface area contributed by atoms with Crippen LogP contribution in [0.25, 0.3) is 10.6 Å². The molecule has 0 aromatic carbocycles. The summed E-state index contributed by atoms with van der Waals surface area (Å²) < 4.78 is 0. The molecule has 2 aromatic rings. The summed E-state index contributed by atoms with van der Waals surface area (Å²) in [4.78, 5) is 31.5. The summed E-state index contributed by atoms with van der Waals surface area (Å²) in [6.45, 7) is 7.42. The second-order valence-corrected chi connectivity index (χ2v) is 7.94. The van der Waals surface area contributed by atoms with Gasteiger partial charge >= 0.3 is 0 Å². The molecule has 1 fully saturated rings. The van der Waals surface area contributed by atoms with Crippen LogP contribution < -0.4 is 4.90 Å². The van der Waals surface area contributed by atoms with Crippen LogP contribution >= 0.6 is 11.3 Å². The molecular formula is C21H25N5OS. The minimum Gasteiger partial charge on any atom is -0.357 e. The number of rotatable bonds is 5. The summed E-state index contributed by atoms with van der Waals surface area (Å²) in [5.41, 5.74) is 2.72. The number of carbonyl (C=O) groups is 1. The normalized spacial score (nSPS) is 17.6. The third-order valence-electron chi connectivity index (χ3n) is 5.15. The summed E-state index contributed by atoms with van der Waals surface area (Å²) in [6.07, 6.45) is 8.83. The number of amides is 1. The minimum absolute atomic E-state index is 0.0160. The number of anilines is 1. The number of nitrogens with zero attached hydrogens (tertiary/aromatic N) is 5. The lowest BCUT2D eigenvalue weighted by Gasteiger charge is -2.26. The lowest BCUT2D eigenvalue weighted by atomic mass is 10.1. The van der Waals surface area contributed by atoms with E-state index in [1.54, 1.807) is 11.1 Å². The van der Waals surface area contributed by atoms with Crippen molar-refractivity contribution in [1.82, 2.24) is 14.9 Å². The van der Waals surface area contributed by atoms with E-state index in [9.17, 15) is 4.79 Å². The maximum atomic E-state index is 13.0. The van der Waals surface area contributed by atoms with Gasteiger partial charge in [-0.3, -0.25) is 9.79 Å². The van der Waals surface area contributed by atoms with Gasteiger partial charge in [0.2, 0.25) is 0 Å². The molecule has 4 rings (SSSR count). The number of thiazole rings is 1. The van der Waals surface area contributed by atoms with E-state index in [0.29, 0.717) is 13.1 Å². The van der Waals surface area contributed by atoms with E-state index in [4.69, 9.17) is 4.98 Å². The van der Waals surface area contributed by atoms with E-state index < -0.39 is 0 Å². The largest absolute Gasteiger partial charge is 0.357 e. The van der Waals surface area contributed by atoms with Crippen molar-refractivity contribution in [2.24, 2.45) is 4.99 Å². The van der Waals surface area contributed by atoms with Crippen molar-refractivity contribution in [1.29, 1.82) is 0 Å². The number of aromatic nitrogens is 2. The highest BCUT2D eigenvalue weighted by Crippen LogP contribution is 2.33. The molecule has 1 saturated heterocycles. The predicted molar refractivity (Wildman–Crippen MR) is 114 cm³/mol. The van der Waals surface area contributed by atoms with Crippen molar-refractivity contribution in [2.75, 3.05) is 31.1 Å². The summed E-state index contributed by atoms with van der Waals surface area (Å²) in [5.74, 6) is 1.04. The lowest BCUT2D eigenvalue weighted by Crippen LogP contribution is -2.36. The Bertz CT molecular complexity index is 909. The Labute approximate surface area is 169 Å². The third-order valence-corrected chi connectivity index (χ3v) is 6.28. The maximum Gasteiger partial charge on any atom is 0.270 e. The first-order valence-corrected chi connectivity index (χ1v) is 10.7. The molecule has 0 bridgehead atoms. The molecule has 0 unspecified atom stereocenters. The zero-order chi connectivity index (χ0) is 19.5. The molecule has 2 aromatic heterocycles. The average molecular weight is 396 g/mol. The van der Waals surface area contributed by atoms with Crippen molar-refractivity contribution in [3.63, 3.8) is 0 Å². The quantitative estimate of drug-likeness (QED) is 0.723. The van der Waals surface area contributed by atoms with Gasteiger partial charge in [0.05, 0.1) is 11.4 Å². The van der Waals surface area contributed by atoms with Gasteiger partial charge in [-0.15, -0.1) is 11.3 Å². The Hall–Kier alpha value is -2.54. The highest BCUT2D eigenvalue weighted by molar-refractivity contribution is 7.17. The summed E-state index contributed by atoms with van der Waals surface area (Å²) in [5, 5.41) is 0.866. The van der Waals surface area contributed by atoms with Crippen molar-refractivity contribution in [3.05, 3.63) is 40.7 Å². The van der Waals surface area contributed by atoms with Crippen LogP contribution in [0.5, 0.6) is 0 Å². The fraction of sp³-hybridized carbons (Fsp3) is 0.429. The van der Waals surface area contributed by atoms with Gasteiger partial charge in [0.1, 0.15) is 15.7 Å². The Kier molecular flexibility index (Phi) is 5.52. The van der Waals surface area contributed by atoms with Gasteiger partial charge in [-0.2, -0.15) is 0 Å². The fourth-order valence-corrected chi connectivity index (χ4v) is 4.68. The van der Waals surface area contributed by atoms with Crippen LogP contribution in [0.1, 0.15) is 42.1 Å². The molecular weight excluding hydrogens is 370 g/mol. The van der Waals surface area contributed by atoms with E-state index in [2.05, 4.69) is 27.0 Å². The molecule has 0 spiro atoms. The van der Waals surface area contributed by atoms with E-state index in [1.807, 2.05) is 26.1 Å². The number of pyridine rings is 1. The molecule has 7 heteroatoms. The number of allylic oxidation sites excluding steroid dienone is 2. The van der Waals surface area contributed by atoms with Crippen molar-refractivity contribution >= 4 is 29.3 Å². The fourth-order valence-electron chi connectivity index (χ4n) is 3.63. The summed E-state index contributed by atoms with van der Waals surface area (Å²) >= 11 is 1.46. The third kappa shape index (κ3) is 3.58. The Balaban J connectivity index is 1.56. The molecule has 0 N–H and O–H groups in total. The van der Waals surface area contributed by atoms with E-state index in [0.717, 1.165) is 52.2 Å². The molecule has 0 aliphatic carbocycles. The molecule has 146 valence electrons. The Morgan fingerprint density at radius 1 is 1.29 bits per heavy atom. The Morgan fingerprint density at radius 3 is 2.79 bits per heavy atom. The molecule has 2 aliphatic heterocycles. The molecule has 2 aliphatic rings. The molecule has 0 saturated carbocycles. The standard InChI is InChI=1S/C21H25N5OS/c1-3-16(14-22-4-2)26-12-9-17-19(21(26)27)28-20(24-17)15-7-8-18(23-13-15)25-10-5-6-11-25/h3,7-8,13-14H,4-6,9-12H2,1-2H3/b16-3+,22-14?. The van der Waals surface area contributed by atoms with Crippen LogP contribution in [0.15, 0.2) is 35.1 Å². The van der Waals surface area contributed by atoms with Gasteiger partial charge in [-0.1, -0.05) is 6.08 Å². The second-order valence-electron chi connectivity index (χ2n) is 6.94. The van der Waals surface area contributed by atoms with Crippen LogP contribution in [0.3, 0.4) is 0 Å². The summed E-state index contributed by atoms with van der Waals surface area (Å²) in [6, 6.07) is 4.13. The van der Waals surface area contributed by atoms with E-state index >= 15 is 0 Å². The second kappa shape index (κ2) is 8.22. The first-order chi connectivity index (χ1) is 13.7. The molecule has 0 radical (unpaired) electrons.